The third kappa shape index (κ3) is 3.74. The first-order chi connectivity index (χ1) is 11.0. The Morgan fingerprint density at radius 2 is 2.00 bits per heavy atom. The van der Waals surface area contributed by atoms with Crippen molar-refractivity contribution in [3.63, 3.8) is 0 Å². The van der Waals surface area contributed by atoms with Gasteiger partial charge in [0.05, 0.1) is 5.69 Å². The van der Waals surface area contributed by atoms with Gasteiger partial charge in [0.2, 0.25) is 0 Å². The second kappa shape index (κ2) is 6.46. The van der Waals surface area contributed by atoms with E-state index in [2.05, 4.69) is 33.7 Å². The highest BCUT2D eigenvalue weighted by atomic mass is 19.1. The van der Waals surface area contributed by atoms with Crippen molar-refractivity contribution in [2.75, 3.05) is 7.05 Å². The minimum atomic E-state index is -0.210. The van der Waals surface area contributed by atoms with Crippen LogP contribution in [0.2, 0.25) is 0 Å². The predicted octanol–water partition coefficient (Wildman–Crippen LogP) is 3.85. The summed E-state index contributed by atoms with van der Waals surface area (Å²) in [6.45, 7) is 5.67. The lowest BCUT2D eigenvalue weighted by atomic mass is 10.2. The Labute approximate surface area is 135 Å². The molecule has 4 nitrogen and oxygen atoms in total. The summed E-state index contributed by atoms with van der Waals surface area (Å²) in [7, 11) is 2.04. The number of rotatable bonds is 5. The molecule has 0 saturated carbocycles. The second-order valence-corrected chi connectivity index (χ2v) is 6.26. The molecule has 2 aromatic heterocycles. The number of nitrogens with zero attached hydrogens (tertiary/aromatic N) is 3. The van der Waals surface area contributed by atoms with E-state index in [0.717, 1.165) is 41.2 Å². The summed E-state index contributed by atoms with van der Waals surface area (Å²) in [5.74, 6) is 0.986. The number of fused-ring (bicyclic) bond motifs is 1. The fourth-order valence-corrected chi connectivity index (χ4v) is 2.65. The van der Waals surface area contributed by atoms with Gasteiger partial charge in [-0.15, -0.1) is 0 Å². The molecule has 3 aromatic rings. The van der Waals surface area contributed by atoms with Crippen LogP contribution in [0.5, 0.6) is 0 Å². The summed E-state index contributed by atoms with van der Waals surface area (Å²) in [5.41, 5.74) is 3.03. The summed E-state index contributed by atoms with van der Waals surface area (Å²) in [6, 6.07) is 8.74. The minimum absolute atomic E-state index is 0.210. The van der Waals surface area contributed by atoms with Gasteiger partial charge >= 0.3 is 0 Å². The molecule has 0 aliphatic carbocycles. The average Bonchev–Trinajstić information content (AvgIpc) is 2.88. The van der Waals surface area contributed by atoms with Crippen LogP contribution in [0, 0.1) is 5.82 Å². The van der Waals surface area contributed by atoms with Crippen molar-refractivity contribution in [2.24, 2.45) is 0 Å². The van der Waals surface area contributed by atoms with Crippen molar-refractivity contribution in [2.45, 2.75) is 32.9 Å². The van der Waals surface area contributed by atoms with E-state index >= 15 is 0 Å². The molecule has 0 aliphatic heterocycles. The number of aromatic nitrogens is 3. The SMILES string of the molecule is CC(C)c1nccc(CN(C)Cc2cc3cc(F)ccc3[nH]2)n1. The van der Waals surface area contributed by atoms with Crippen LogP contribution in [0.1, 0.15) is 37.0 Å². The molecule has 2 heterocycles. The van der Waals surface area contributed by atoms with E-state index in [0.29, 0.717) is 5.92 Å². The maximum atomic E-state index is 13.3. The average molecular weight is 312 g/mol. The number of hydrogen-bond acceptors (Lipinski definition) is 3. The Bertz CT molecular complexity index is 810. The Balaban J connectivity index is 1.70. The first-order valence-electron chi connectivity index (χ1n) is 7.79. The zero-order chi connectivity index (χ0) is 16.4. The van der Waals surface area contributed by atoms with Crippen LogP contribution in [0.25, 0.3) is 10.9 Å². The molecule has 0 fully saturated rings. The molecule has 0 radical (unpaired) electrons. The van der Waals surface area contributed by atoms with Crippen molar-refractivity contribution in [3.8, 4) is 0 Å². The van der Waals surface area contributed by atoms with Crippen LogP contribution >= 0.6 is 0 Å². The normalized spacial score (nSPS) is 11.7. The van der Waals surface area contributed by atoms with Crippen molar-refractivity contribution >= 4 is 10.9 Å². The first-order valence-corrected chi connectivity index (χ1v) is 7.79. The third-order valence-electron chi connectivity index (χ3n) is 3.76. The van der Waals surface area contributed by atoms with Crippen LogP contribution < -0.4 is 0 Å². The predicted molar refractivity (Wildman–Crippen MR) is 89.5 cm³/mol. The van der Waals surface area contributed by atoms with Crippen LogP contribution in [-0.4, -0.2) is 26.9 Å². The van der Waals surface area contributed by atoms with Crippen molar-refractivity contribution < 1.29 is 4.39 Å². The monoisotopic (exact) mass is 312 g/mol. The number of H-pyrrole nitrogens is 1. The van der Waals surface area contributed by atoms with Gasteiger partial charge in [0, 0.05) is 41.8 Å². The lowest BCUT2D eigenvalue weighted by Crippen LogP contribution is -2.18. The fourth-order valence-electron chi connectivity index (χ4n) is 2.65. The van der Waals surface area contributed by atoms with Gasteiger partial charge in [-0.2, -0.15) is 0 Å². The maximum Gasteiger partial charge on any atom is 0.131 e. The fraction of sp³-hybridized carbons (Fsp3) is 0.333. The molecule has 0 spiro atoms. The molecule has 0 aliphatic rings. The molecule has 0 saturated heterocycles. The molecule has 1 aromatic carbocycles. The molecular weight excluding hydrogens is 291 g/mol. The quantitative estimate of drug-likeness (QED) is 0.778. The highest BCUT2D eigenvalue weighted by Gasteiger charge is 2.08. The van der Waals surface area contributed by atoms with E-state index < -0.39 is 0 Å². The van der Waals surface area contributed by atoms with Crippen molar-refractivity contribution in [1.82, 2.24) is 19.9 Å². The van der Waals surface area contributed by atoms with Crippen molar-refractivity contribution in [3.05, 3.63) is 59.6 Å². The Kier molecular flexibility index (Phi) is 4.39. The number of hydrogen-bond donors (Lipinski definition) is 1. The van der Waals surface area contributed by atoms with E-state index in [-0.39, 0.29) is 5.82 Å². The lowest BCUT2D eigenvalue weighted by Gasteiger charge is -2.16. The van der Waals surface area contributed by atoms with E-state index in [4.69, 9.17) is 0 Å². The zero-order valence-electron chi connectivity index (χ0n) is 13.7. The number of halogens is 1. The van der Waals surface area contributed by atoms with E-state index in [1.54, 1.807) is 12.1 Å². The summed E-state index contributed by atoms with van der Waals surface area (Å²) < 4.78 is 13.3. The lowest BCUT2D eigenvalue weighted by molar-refractivity contribution is 0.311. The van der Waals surface area contributed by atoms with Gasteiger partial charge in [-0.25, -0.2) is 14.4 Å². The van der Waals surface area contributed by atoms with Gasteiger partial charge in [0.15, 0.2) is 0 Å². The van der Waals surface area contributed by atoms with E-state index in [1.807, 2.05) is 25.4 Å². The van der Waals surface area contributed by atoms with Gasteiger partial charge in [-0.05, 0) is 37.4 Å². The van der Waals surface area contributed by atoms with Crippen LogP contribution in [0.15, 0.2) is 36.5 Å². The summed E-state index contributed by atoms with van der Waals surface area (Å²) in [5, 5.41) is 0.900. The van der Waals surface area contributed by atoms with Gasteiger partial charge in [0.1, 0.15) is 11.6 Å². The molecule has 0 atom stereocenters. The molecule has 1 N–H and O–H groups in total. The smallest absolute Gasteiger partial charge is 0.131 e. The van der Waals surface area contributed by atoms with Gasteiger partial charge in [-0.3, -0.25) is 4.90 Å². The molecular formula is C18H21FN4. The molecule has 5 heteroatoms. The summed E-state index contributed by atoms with van der Waals surface area (Å²) in [6.07, 6.45) is 1.82. The van der Waals surface area contributed by atoms with Crippen LogP contribution in [-0.2, 0) is 13.1 Å². The molecule has 0 bridgehead atoms. The second-order valence-electron chi connectivity index (χ2n) is 6.26. The first kappa shape index (κ1) is 15.6. The van der Waals surface area contributed by atoms with E-state index in [1.165, 1.54) is 6.07 Å². The highest BCUT2D eigenvalue weighted by molar-refractivity contribution is 5.80. The topological polar surface area (TPSA) is 44.8 Å². The van der Waals surface area contributed by atoms with E-state index in [9.17, 15) is 4.39 Å². The standard InChI is InChI=1S/C18H21FN4/c1-12(2)18-20-7-6-15(22-18)10-23(3)11-16-9-13-8-14(19)4-5-17(13)21-16/h4-9,12,21H,10-11H2,1-3H3. The summed E-state index contributed by atoms with van der Waals surface area (Å²) >= 11 is 0. The Hall–Kier alpha value is -2.27. The van der Waals surface area contributed by atoms with Crippen molar-refractivity contribution in [1.29, 1.82) is 0 Å². The Morgan fingerprint density at radius 1 is 1.17 bits per heavy atom. The molecule has 0 unspecified atom stereocenters. The molecule has 120 valence electrons. The molecule has 0 amide bonds. The van der Waals surface area contributed by atoms with Crippen LogP contribution in [0.3, 0.4) is 0 Å². The highest BCUT2D eigenvalue weighted by Crippen LogP contribution is 2.18. The van der Waals surface area contributed by atoms with Crippen LogP contribution in [0.4, 0.5) is 4.39 Å². The summed E-state index contributed by atoms with van der Waals surface area (Å²) in [4.78, 5) is 14.4. The van der Waals surface area contributed by atoms with Gasteiger partial charge < -0.3 is 4.98 Å². The third-order valence-corrected chi connectivity index (χ3v) is 3.76. The Morgan fingerprint density at radius 3 is 2.78 bits per heavy atom. The minimum Gasteiger partial charge on any atom is -0.357 e. The van der Waals surface area contributed by atoms with Gasteiger partial charge in [0.25, 0.3) is 0 Å². The maximum absolute atomic E-state index is 13.3. The number of nitrogens with one attached hydrogen (secondary N) is 1. The number of benzene rings is 1. The number of aromatic amines is 1. The largest absolute Gasteiger partial charge is 0.357 e. The zero-order valence-corrected chi connectivity index (χ0v) is 13.7. The van der Waals surface area contributed by atoms with Gasteiger partial charge in [-0.1, -0.05) is 13.8 Å². The molecule has 23 heavy (non-hydrogen) atoms. The molecule has 3 rings (SSSR count).